The standard InChI is InChI=1S/C74H48N2S2/c1-73(2)57-25-13-9-17-45(57)47-33-31-43(39-59(47)73)75-61-35-29-41(37-55(61)65-49-19-5-7-21-51(49)67-53-23-11-15-27-63(53)77-71(67)69(65)75)42-30-36-62-56(38-42)66-50-20-6-8-22-52(50)68-54-24-12-16-28-64(54)78-72(68)70(66)76(62)44-32-34-48-46-18-10-14-26-58(46)74(3,4)60(48)40-44/h5-40H,1-4H3. The van der Waals surface area contributed by atoms with Crippen LogP contribution < -0.4 is 0 Å². The van der Waals surface area contributed by atoms with Crippen LogP contribution in [0.5, 0.6) is 0 Å². The Morgan fingerprint density at radius 2 is 0.654 bits per heavy atom. The zero-order chi connectivity index (χ0) is 51.5. The van der Waals surface area contributed by atoms with Gasteiger partial charge >= 0.3 is 0 Å². The Morgan fingerprint density at radius 1 is 0.295 bits per heavy atom. The van der Waals surface area contributed by atoms with E-state index < -0.39 is 0 Å². The van der Waals surface area contributed by atoms with Gasteiger partial charge in [-0.15, -0.1) is 22.7 Å². The summed E-state index contributed by atoms with van der Waals surface area (Å²) in [6.07, 6.45) is 0. The van der Waals surface area contributed by atoms with E-state index in [4.69, 9.17) is 0 Å². The van der Waals surface area contributed by atoms with Gasteiger partial charge in [-0.05, 0) is 138 Å². The van der Waals surface area contributed by atoms with Crippen molar-refractivity contribution in [2.45, 2.75) is 38.5 Å². The Balaban J connectivity index is 0.930. The van der Waals surface area contributed by atoms with Crippen LogP contribution in [-0.2, 0) is 10.8 Å². The van der Waals surface area contributed by atoms with Crippen LogP contribution >= 0.6 is 22.7 Å². The first kappa shape index (κ1) is 43.3. The SMILES string of the molecule is CC1(C)c2ccccc2-c2ccc(-n3c4ccc(-c5ccc6c(c5)c5c7ccccc7c7c8ccccc8sc7c5n6-c5ccc6c(c5)C(C)(C)c5ccccc5-6)cc4c4c5ccccc5c5c6ccccc6sc5c43)cc21. The molecular formula is C74H48N2S2. The molecule has 0 unspecified atom stereocenters. The van der Waals surface area contributed by atoms with Gasteiger partial charge in [0.2, 0.25) is 0 Å². The maximum Gasteiger partial charge on any atom is 0.0726 e. The van der Waals surface area contributed by atoms with Gasteiger partial charge in [0.1, 0.15) is 0 Å². The lowest BCUT2D eigenvalue weighted by atomic mass is 9.82. The van der Waals surface area contributed by atoms with E-state index in [-0.39, 0.29) is 10.8 Å². The highest BCUT2D eigenvalue weighted by Crippen LogP contribution is 2.55. The monoisotopic (exact) mass is 1030 g/mol. The third-order valence-corrected chi connectivity index (χ3v) is 20.8. The second kappa shape index (κ2) is 15.0. The topological polar surface area (TPSA) is 9.86 Å². The molecule has 366 valence electrons. The summed E-state index contributed by atoms with van der Waals surface area (Å²) >= 11 is 3.86. The molecule has 4 heterocycles. The van der Waals surface area contributed by atoms with Crippen molar-refractivity contribution in [2.75, 3.05) is 0 Å². The fourth-order valence-electron chi connectivity index (χ4n) is 14.9. The Morgan fingerprint density at radius 3 is 1.09 bits per heavy atom. The van der Waals surface area contributed by atoms with Gasteiger partial charge in [0.25, 0.3) is 0 Å². The molecule has 2 aliphatic carbocycles. The average Bonchev–Trinajstić information content (AvgIpc) is 4.50. The quantitative estimate of drug-likeness (QED) is 0.167. The molecule has 2 aliphatic rings. The van der Waals surface area contributed by atoms with Crippen LogP contribution in [0.3, 0.4) is 0 Å². The van der Waals surface area contributed by atoms with E-state index in [2.05, 4.69) is 255 Å². The zero-order valence-corrected chi connectivity index (χ0v) is 45.1. The van der Waals surface area contributed by atoms with E-state index in [0.29, 0.717) is 0 Å². The Bertz CT molecular complexity index is 5060. The lowest BCUT2D eigenvalue weighted by molar-refractivity contribution is 0.660. The largest absolute Gasteiger partial charge is 0.308 e. The molecular weight excluding hydrogens is 981 g/mol. The molecule has 0 aliphatic heterocycles. The number of fused-ring (bicyclic) bond motifs is 26. The molecule has 16 aromatic rings. The third kappa shape index (κ3) is 5.42. The molecule has 0 spiro atoms. The molecule has 78 heavy (non-hydrogen) atoms. The van der Waals surface area contributed by atoms with Gasteiger partial charge < -0.3 is 9.13 Å². The van der Waals surface area contributed by atoms with Crippen molar-refractivity contribution in [2.24, 2.45) is 0 Å². The third-order valence-electron chi connectivity index (χ3n) is 18.5. The van der Waals surface area contributed by atoms with E-state index in [1.165, 1.54) is 173 Å². The minimum atomic E-state index is -0.133. The smallest absolute Gasteiger partial charge is 0.0726 e. The van der Waals surface area contributed by atoms with Crippen molar-refractivity contribution in [3.8, 4) is 44.8 Å². The van der Waals surface area contributed by atoms with Gasteiger partial charge in [0.05, 0.1) is 31.5 Å². The van der Waals surface area contributed by atoms with Crippen LogP contribution in [0.2, 0.25) is 0 Å². The molecule has 0 saturated heterocycles. The van der Waals surface area contributed by atoms with Crippen molar-refractivity contribution in [3.63, 3.8) is 0 Å². The maximum atomic E-state index is 2.60. The summed E-state index contributed by atoms with van der Waals surface area (Å²) in [5.74, 6) is 0. The summed E-state index contributed by atoms with van der Waals surface area (Å²) in [5.41, 5.74) is 20.4. The molecule has 12 aromatic carbocycles. The van der Waals surface area contributed by atoms with E-state index >= 15 is 0 Å². The first-order valence-electron chi connectivity index (χ1n) is 27.3. The van der Waals surface area contributed by atoms with Crippen LogP contribution in [0.4, 0.5) is 0 Å². The average molecular weight is 1030 g/mol. The van der Waals surface area contributed by atoms with Crippen LogP contribution in [0.15, 0.2) is 218 Å². The predicted octanol–water partition coefficient (Wildman–Crippen LogP) is 21.2. The van der Waals surface area contributed by atoms with Crippen LogP contribution in [-0.4, -0.2) is 9.13 Å². The highest BCUT2D eigenvalue weighted by atomic mass is 32.1. The van der Waals surface area contributed by atoms with Crippen molar-refractivity contribution in [1.29, 1.82) is 0 Å². The molecule has 0 radical (unpaired) electrons. The van der Waals surface area contributed by atoms with Crippen LogP contribution in [0, 0.1) is 0 Å². The van der Waals surface area contributed by atoms with E-state index in [0.717, 1.165) is 0 Å². The summed E-state index contributed by atoms with van der Waals surface area (Å²) in [6, 6.07) is 83.4. The lowest BCUT2D eigenvalue weighted by Crippen LogP contribution is -2.15. The molecule has 18 rings (SSSR count). The molecule has 0 bridgehead atoms. The maximum absolute atomic E-state index is 2.60. The lowest BCUT2D eigenvalue weighted by Gasteiger charge is -2.22. The molecule has 0 N–H and O–H groups in total. The van der Waals surface area contributed by atoms with Gasteiger partial charge in [-0.3, -0.25) is 0 Å². The number of hydrogen-bond acceptors (Lipinski definition) is 2. The highest BCUT2D eigenvalue weighted by molar-refractivity contribution is 7.27. The fraction of sp³-hybridized carbons (Fsp3) is 0.0811. The fourth-order valence-corrected chi connectivity index (χ4v) is 17.4. The van der Waals surface area contributed by atoms with E-state index in [9.17, 15) is 0 Å². The second-order valence-electron chi connectivity index (χ2n) is 23.1. The van der Waals surface area contributed by atoms with Gasteiger partial charge in [-0.2, -0.15) is 0 Å². The second-order valence-corrected chi connectivity index (χ2v) is 25.2. The summed E-state index contributed by atoms with van der Waals surface area (Å²) < 4.78 is 10.5. The van der Waals surface area contributed by atoms with Crippen LogP contribution in [0.1, 0.15) is 49.9 Å². The van der Waals surface area contributed by atoms with Crippen molar-refractivity contribution < 1.29 is 0 Å². The van der Waals surface area contributed by atoms with E-state index in [1.54, 1.807) is 0 Å². The molecule has 0 amide bonds. The minimum absolute atomic E-state index is 0.133. The summed E-state index contributed by atoms with van der Waals surface area (Å²) in [4.78, 5) is 0. The van der Waals surface area contributed by atoms with Crippen LogP contribution in [0.25, 0.3) is 150 Å². The summed E-state index contributed by atoms with van der Waals surface area (Å²) in [7, 11) is 0. The predicted molar refractivity (Wildman–Crippen MR) is 336 cm³/mol. The summed E-state index contributed by atoms with van der Waals surface area (Å²) in [6.45, 7) is 9.58. The normalized spacial score (nSPS) is 14.4. The first-order valence-corrected chi connectivity index (χ1v) is 29.0. The first-order chi connectivity index (χ1) is 38.2. The number of rotatable bonds is 3. The molecule has 0 fully saturated rings. The van der Waals surface area contributed by atoms with Crippen molar-refractivity contribution in [3.05, 3.63) is 241 Å². The van der Waals surface area contributed by atoms with Crippen molar-refractivity contribution >= 4 is 128 Å². The van der Waals surface area contributed by atoms with Gasteiger partial charge in [-0.25, -0.2) is 0 Å². The molecule has 4 heteroatoms. The Kier molecular flexibility index (Phi) is 8.34. The molecule has 0 saturated carbocycles. The number of nitrogens with zero attached hydrogens (tertiary/aromatic N) is 2. The number of hydrogen-bond donors (Lipinski definition) is 0. The van der Waals surface area contributed by atoms with Gasteiger partial charge in [-0.1, -0.05) is 185 Å². The Hall–Kier alpha value is -8.80. The highest BCUT2D eigenvalue weighted by Gasteiger charge is 2.37. The minimum Gasteiger partial charge on any atom is -0.308 e. The number of thiophene rings is 2. The summed E-state index contributed by atoms with van der Waals surface area (Å²) in [5, 5.41) is 15.7. The molecule has 4 aromatic heterocycles. The molecule has 2 nitrogen and oxygen atoms in total. The van der Waals surface area contributed by atoms with Gasteiger partial charge in [0, 0.05) is 74.7 Å². The van der Waals surface area contributed by atoms with Gasteiger partial charge in [0.15, 0.2) is 0 Å². The zero-order valence-electron chi connectivity index (χ0n) is 43.5. The molecule has 0 atom stereocenters. The van der Waals surface area contributed by atoms with E-state index in [1.807, 2.05) is 22.7 Å². The van der Waals surface area contributed by atoms with Crippen molar-refractivity contribution in [1.82, 2.24) is 9.13 Å². The number of aromatic nitrogens is 2. The Labute approximate surface area is 458 Å². The number of benzene rings is 12.